The quantitative estimate of drug-likeness (QED) is 0.548. The van der Waals surface area contributed by atoms with Gasteiger partial charge in [-0.1, -0.05) is 6.07 Å². The number of nitriles is 1. The Morgan fingerprint density at radius 2 is 2.15 bits per heavy atom. The lowest BCUT2D eigenvalue weighted by Gasteiger charge is -2.41. The maximum atomic E-state index is 12.5. The molecule has 1 aromatic carbocycles. The standard InChI is InChI=1S/C25H27N5O2S/c1-16-14-29(8-9-30(16)23(31)7-10-32-2)25-19(13-26)11-20(24(28-25)17-3-4-17)18-5-6-21-22(12-18)33-15-27-21/h5-6,11-12,15-17H,3-4,7-10,14H2,1-2H3. The minimum atomic E-state index is 0.0502. The van der Waals surface area contributed by atoms with Crippen LogP contribution in [0.15, 0.2) is 29.8 Å². The number of anilines is 1. The highest BCUT2D eigenvalue weighted by Gasteiger charge is 2.33. The third-order valence-electron chi connectivity index (χ3n) is 6.53. The summed E-state index contributed by atoms with van der Waals surface area (Å²) >= 11 is 1.62. The van der Waals surface area contributed by atoms with E-state index >= 15 is 0 Å². The third kappa shape index (κ3) is 4.31. The molecule has 1 unspecified atom stereocenters. The minimum Gasteiger partial charge on any atom is -0.384 e. The van der Waals surface area contributed by atoms with Crippen molar-refractivity contribution in [3.63, 3.8) is 0 Å². The number of carbonyl (C=O) groups excluding carboxylic acids is 1. The van der Waals surface area contributed by atoms with E-state index in [2.05, 4.69) is 35.0 Å². The highest BCUT2D eigenvalue weighted by molar-refractivity contribution is 7.16. The highest BCUT2D eigenvalue weighted by Crippen LogP contribution is 2.45. The van der Waals surface area contributed by atoms with Crippen LogP contribution in [0.1, 0.15) is 43.4 Å². The van der Waals surface area contributed by atoms with Gasteiger partial charge in [0.05, 0.1) is 40.0 Å². The molecule has 1 amide bonds. The van der Waals surface area contributed by atoms with Crippen LogP contribution in [-0.4, -0.2) is 60.2 Å². The Labute approximate surface area is 197 Å². The second kappa shape index (κ2) is 9.08. The van der Waals surface area contributed by atoms with E-state index in [0.29, 0.717) is 44.1 Å². The lowest BCUT2D eigenvalue weighted by Crippen LogP contribution is -2.54. The summed E-state index contributed by atoms with van der Waals surface area (Å²) in [6.07, 6.45) is 2.66. The molecule has 3 aromatic rings. The summed E-state index contributed by atoms with van der Waals surface area (Å²) < 4.78 is 6.20. The Bertz CT molecular complexity index is 1230. The molecule has 33 heavy (non-hydrogen) atoms. The molecule has 8 heteroatoms. The lowest BCUT2D eigenvalue weighted by molar-refractivity contribution is -0.134. The van der Waals surface area contributed by atoms with E-state index in [9.17, 15) is 10.1 Å². The van der Waals surface area contributed by atoms with Gasteiger partial charge in [0.2, 0.25) is 5.91 Å². The first-order chi connectivity index (χ1) is 16.1. The summed E-state index contributed by atoms with van der Waals surface area (Å²) in [5, 5.41) is 10.0. The molecule has 2 aromatic heterocycles. The van der Waals surface area contributed by atoms with Crippen LogP contribution >= 0.6 is 11.3 Å². The van der Waals surface area contributed by atoms with Crippen molar-refractivity contribution < 1.29 is 9.53 Å². The number of pyridine rings is 1. The van der Waals surface area contributed by atoms with Crippen LogP contribution in [0.3, 0.4) is 0 Å². The van der Waals surface area contributed by atoms with Gasteiger partial charge in [-0.3, -0.25) is 4.79 Å². The van der Waals surface area contributed by atoms with Gasteiger partial charge in [0, 0.05) is 44.3 Å². The molecule has 1 atom stereocenters. The number of fused-ring (bicyclic) bond motifs is 1. The summed E-state index contributed by atoms with van der Waals surface area (Å²) in [7, 11) is 1.61. The van der Waals surface area contributed by atoms with Gasteiger partial charge >= 0.3 is 0 Å². The van der Waals surface area contributed by atoms with Crippen LogP contribution in [0.25, 0.3) is 21.3 Å². The number of hydrogen-bond donors (Lipinski definition) is 0. The molecule has 0 N–H and O–H groups in total. The molecule has 1 saturated heterocycles. The summed E-state index contributed by atoms with van der Waals surface area (Å²) in [6, 6.07) is 10.7. The zero-order valence-electron chi connectivity index (χ0n) is 19.0. The van der Waals surface area contributed by atoms with Crippen molar-refractivity contribution in [1.29, 1.82) is 5.26 Å². The van der Waals surface area contributed by atoms with Gasteiger partial charge in [0.25, 0.3) is 0 Å². The molecule has 1 aliphatic heterocycles. The minimum absolute atomic E-state index is 0.0502. The van der Waals surface area contributed by atoms with Crippen molar-refractivity contribution >= 4 is 33.3 Å². The van der Waals surface area contributed by atoms with Crippen LogP contribution in [0.4, 0.5) is 5.82 Å². The molecule has 7 nitrogen and oxygen atoms in total. The first kappa shape index (κ1) is 21.8. The normalized spacial score (nSPS) is 18.5. The first-order valence-corrected chi connectivity index (χ1v) is 12.3. The van der Waals surface area contributed by atoms with Gasteiger partial charge in [-0.25, -0.2) is 9.97 Å². The van der Waals surface area contributed by atoms with Crippen LogP contribution in [0, 0.1) is 11.3 Å². The number of hydrogen-bond acceptors (Lipinski definition) is 7. The molecule has 0 bridgehead atoms. The second-order valence-electron chi connectivity index (χ2n) is 8.84. The Balaban J connectivity index is 1.46. The van der Waals surface area contributed by atoms with Crippen LogP contribution in [0.5, 0.6) is 0 Å². The van der Waals surface area contributed by atoms with Crippen LogP contribution in [-0.2, 0) is 9.53 Å². The SMILES string of the molecule is COCCC(=O)N1CCN(c2nc(C3CC3)c(-c3ccc4ncsc4c3)cc2C#N)CC1C. The number of thiazole rings is 1. The molecule has 0 spiro atoms. The number of ether oxygens (including phenoxy) is 1. The number of aromatic nitrogens is 2. The molecule has 170 valence electrons. The van der Waals surface area contributed by atoms with E-state index in [0.717, 1.165) is 45.7 Å². The van der Waals surface area contributed by atoms with Crippen molar-refractivity contribution in [2.45, 2.75) is 38.1 Å². The monoisotopic (exact) mass is 461 g/mol. The Hall–Kier alpha value is -3.02. The van der Waals surface area contributed by atoms with E-state index < -0.39 is 0 Å². The van der Waals surface area contributed by atoms with Gasteiger partial charge in [-0.2, -0.15) is 5.26 Å². The average molecular weight is 462 g/mol. The van der Waals surface area contributed by atoms with Crippen molar-refractivity contribution in [3.05, 3.63) is 41.0 Å². The van der Waals surface area contributed by atoms with Crippen LogP contribution in [0.2, 0.25) is 0 Å². The molecule has 2 fully saturated rings. The molecular formula is C25H27N5O2S. The molecule has 5 rings (SSSR count). The molecule has 2 aliphatic rings. The van der Waals surface area contributed by atoms with Gasteiger partial charge in [-0.05, 0) is 43.5 Å². The second-order valence-corrected chi connectivity index (χ2v) is 9.72. The largest absolute Gasteiger partial charge is 0.384 e. The Kier molecular flexibility index (Phi) is 6.00. The summed E-state index contributed by atoms with van der Waals surface area (Å²) in [5.41, 5.74) is 6.66. The van der Waals surface area contributed by atoms with Gasteiger partial charge in [0.1, 0.15) is 11.9 Å². The van der Waals surface area contributed by atoms with E-state index in [1.54, 1.807) is 18.4 Å². The fourth-order valence-corrected chi connectivity index (χ4v) is 5.33. The third-order valence-corrected chi connectivity index (χ3v) is 7.32. The number of nitrogens with zero attached hydrogens (tertiary/aromatic N) is 5. The summed E-state index contributed by atoms with van der Waals surface area (Å²) in [5.74, 6) is 1.31. The molecule has 3 heterocycles. The van der Waals surface area contributed by atoms with Crippen molar-refractivity contribution in [2.24, 2.45) is 0 Å². The predicted octanol–water partition coefficient (Wildman–Crippen LogP) is 4.18. The van der Waals surface area contributed by atoms with Gasteiger partial charge < -0.3 is 14.5 Å². The summed E-state index contributed by atoms with van der Waals surface area (Å²) in [4.78, 5) is 26.1. The van der Waals surface area contributed by atoms with Gasteiger partial charge in [0.15, 0.2) is 0 Å². The number of piperazine rings is 1. The fraction of sp³-hybridized carbons (Fsp3) is 0.440. The van der Waals surface area contributed by atoms with E-state index in [1.165, 1.54) is 0 Å². The number of rotatable bonds is 6. The number of benzene rings is 1. The van der Waals surface area contributed by atoms with E-state index in [-0.39, 0.29) is 11.9 Å². The average Bonchev–Trinajstić information content (AvgIpc) is 3.58. The fourth-order valence-electron chi connectivity index (χ4n) is 4.62. The van der Waals surface area contributed by atoms with Gasteiger partial charge in [-0.15, -0.1) is 11.3 Å². The Morgan fingerprint density at radius 3 is 2.88 bits per heavy atom. The topological polar surface area (TPSA) is 82.3 Å². The Morgan fingerprint density at radius 1 is 1.30 bits per heavy atom. The van der Waals surface area contributed by atoms with Crippen molar-refractivity contribution in [2.75, 3.05) is 38.3 Å². The summed E-state index contributed by atoms with van der Waals surface area (Å²) in [6.45, 7) is 4.45. The maximum Gasteiger partial charge on any atom is 0.225 e. The highest BCUT2D eigenvalue weighted by atomic mass is 32.1. The van der Waals surface area contributed by atoms with Crippen LogP contribution < -0.4 is 4.90 Å². The zero-order chi connectivity index (χ0) is 22.9. The van der Waals surface area contributed by atoms with E-state index in [4.69, 9.17) is 9.72 Å². The molecule has 1 saturated carbocycles. The lowest BCUT2D eigenvalue weighted by atomic mass is 9.98. The number of carbonyl (C=O) groups is 1. The van der Waals surface area contributed by atoms with E-state index in [1.807, 2.05) is 22.5 Å². The maximum absolute atomic E-state index is 12.5. The van der Waals surface area contributed by atoms with Crippen molar-refractivity contribution in [3.8, 4) is 17.2 Å². The predicted molar refractivity (Wildman–Crippen MR) is 129 cm³/mol. The number of methoxy groups -OCH3 is 1. The first-order valence-electron chi connectivity index (χ1n) is 11.4. The molecule has 0 radical (unpaired) electrons. The zero-order valence-corrected chi connectivity index (χ0v) is 19.8. The van der Waals surface area contributed by atoms with Crippen molar-refractivity contribution in [1.82, 2.24) is 14.9 Å². The molecule has 1 aliphatic carbocycles. The smallest absolute Gasteiger partial charge is 0.225 e. The number of amides is 1. The molecular weight excluding hydrogens is 434 g/mol.